The SMILES string of the molecule is O=C1c2cc(Cl)ccc2OC2CC(c3ccc(Cl)cc3Cl)C/C(=N\O)C12. The minimum atomic E-state index is -0.617. The first-order chi connectivity index (χ1) is 12.5. The molecule has 2 aromatic carbocycles. The van der Waals surface area contributed by atoms with Crippen LogP contribution in [0.25, 0.3) is 0 Å². The Morgan fingerprint density at radius 1 is 1.08 bits per heavy atom. The maximum absolute atomic E-state index is 13.0. The normalized spacial score (nSPS) is 26.2. The lowest BCUT2D eigenvalue weighted by Gasteiger charge is -2.39. The summed E-state index contributed by atoms with van der Waals surface area (Å²) < 4.78 is 6.07. The van der Waals surface area contributed by atoms with Crippen molar-refractivity contribution in [2.24, 2.45) is 11.1 Å². The van der Waals surface area contributed by atoms with Gasteiger partial charge in [0.2, 0.25) is 0 Å². The monoisotopic (exact) mass is 409 g/mol. The van der Waals surface area contributed by atoms with Crippen molar-refractivity contribution in [2.45, 2.75) is 24.9 Å². The molecule has 0 spiro atoms. The molecule has 4 nitrogen and oxygen atoms in total. The molecule has 2 aromatic rings. The Morgan fingerprint density at radius 3 is 2.54 bits per heavy atom. The van der Waals surface area contributed by atoms with E-state index in [1.54, 1.807) is 30.3 Å². The third kappa shape index (κ3) is 2.96. The summed E-state index contributed by atoms with van der Waals surface area (Å²) in [4.78, 5) is 13.0. The molecule has 1 aliphatic carbocycles. The first kappa shape index (κ1) is 17.7. The maximum Gasteiger partial charge on any atom is 0.179 e. The summed E-state index contributed by atoms with van der Waals surface area (Å²) in [6, 6.07) is 10.3. The quantitative estimate of drug-likeness (QED) is 0.491. The molecular weight excluding hydrogens is 397 g/mol. The largest absolute Gasteiger partial charge is 0.488 e. The number of carbonyl (C=O) groups is 1. The molecule has 1 saturated carbocycles. The van der Waals surface area contributed by atoms with Crippen LogP contribution in [0, 0.1) is 5.92 Å². The van der Waals surface area contributed by atoms with Gasteiger partial charge in [0.25, 0.3) is 0 Å². The number of Topliss-reactive ketones (excluding diaryl/α,β-unsaturated/α-hetero) is 1. The van der Waals surface area contributed by atoms with Crippen LogP contribution in [0.2, 0.25) is 15.1 Å². The van der Waals surface area contributed by atoms with Crippen molar-refractivity contribution in [2.75, 3.05) is 0 Å². The molecule has 1 fully saturated rings. The van der Waals surface area contributed by atoms with Gasteiger partial charge in [0.05, 0.1) is 11.3 Å². The lowest BCUT2D eigenvalue weighted by Crippen LogP contribution is -2.47. The summed E-state index contributed by atoms with van der Waals surface area (Å²) in [5.74, 6) is -0.283. The van der Waals surface area contributed by atoms with Gasteiger partial charge in [-0.05, 0) is 54.7 Å². The van der Waals surface area contributed by atoms with Gasteiger partial charge in [-0.25, -0.2) is 0 Å². The molecule has 134 valence electrons. The summed E-state index contributed by atoms with van der Waals surface area (Å²) in [5.41, 5.74) is 1.71. The van der Waals surface area contributed by atoms with E-state index in [-0.39, 0.29) is 11.7 Å². The van der Waals surface area contributed by atoms with Crippen molar-refractivity contribution in [3.05, 3.63) is 62.6 Å². The molecule has 1 N–H and O–H groups in total. The average Bonchev–Trinajstić information content (AvgIpc) is 2.61. The van der Waals surface area contributed by atoms with E-state index in [9.17, 15) is 10.0 Å². The summed E-state index contributed by atoms with van der Waals surface area (Å²) in [6.45, 7) is 0. The number of carbonyl (C=O) groups excluding carboxylic acids is 1. The van der Waals surface area contributed by atoms with Crippen molar-refractivity contribution >= 4 is 46.3 Å². The number of hydrogen-bond donors (Lipinski definition) is 1. The molecule has 26 heavy (non-hydrogen) atoms. The van der Waals surface area contributed by atoms with Gasteiger partial charge < -0.3 is 9.94 Å². The average molecular weight is 411 g/mol. The first-order valence-corrected chi connectivity index (χ1v) is 9.27. The Hall–Kier alpha value is -1.75. The fourth-order valence-electron chi connectivity index (χ4n) is 3.83. The Labute approximate surface area is 165 Å². The Kier molecular flexibility index (Phi) is 4.59. The zero-order chi connectivity index (χ0) is 18.4. The number of ketones is 1. The van der Waals surface area contributed by atoms with E-state index in [4.69, 9.17) is 39.5 Å². The molecular formula is C19H14Cl3NO3. The number of oxime groups is 1. The van der Waals surface area contributed by atoms with Crippen LogP contribution < -0.4 is 4.74 Å². The van der Waals surface area contributed by atoms with Gasteiger partial charge in [-0.15, -0.1) is 0 Å². The van der Waals surface area contributed by atoms with Crippen molar-refractivity contribution in [1.29, 1.82) is 0 Å². The van der Waals surface area contributed by atoms with Gasteiger partial charge in [-0.3, -0.25) is 4.79 Å². The van der Waals surface area contributed by atoms with Gasteiger partial charge in [0.15, 0.2) is 5.78 Å². The lowest BCUT2D eigenvalue weighted by molar-refractivity contribution is 0.0693. The minimum absolute atomic E-state index is 0.0337. The Morgan fingerprint density at radius 2 is 1.81 bits per heavy atom. The summed E-state index contributed by atoms with van der Waals surface area (Å²) in [7, 11) is 0. The maximum atomic E-state index is 13.0. The third-order valence-corrected chi connectivity index (χ3v) is 5.80. The highest BCUT2D eigenvalue weighted by molar-refractivity contribution is 6.35. The molecule has 0 bridgehead atoms. The van der Waals surface area contributed by atoms with Crippen molar-refractivity contribution in [1.82, 2.24) is 0 Å². The van der Waals surface area contributed by atoms with Crippen LogP contribution in [0.5, 0.6) is 5.75 Å². The molecule has 1 heterocycles. The highest BCUT2D eigenvalue weighted by Crippen LogP contribution is 2.44. The molecule has 3 unspecified atom stereocenters. The van der Waals surface area contributed by atoms with Crippen LogP contribution in [0.1, 0.15) is 34.7 Å². The van der Waals surface area contributed by atoms with Crippen LogP contribution in [0.15, 0.2) is 41.6 Å². The van der Waals surface area contributed by atoms with E-state index in [2.05, 4.69) is 5.16 Å². The zero-order valence-electron chi connectivity index (χ0n) is 13.5. The number of halogens is 3. The van der Waals surface area contributed by atoms with Gasteiger partial charge in [0.1, 0.15) is 17.8 Å². The lowest BCUT2D eigenvalue weighted by atomic mass is 9.71. The molecule has 7 heteroatoms. The second kappa shape index (κ2) is 6.76. The smallest absolute Gasteiger partial charge is 0.179 e. The standard InChI is InChI=1S/C19H14Cl3NO3/c20-10-2-4-16-13(7-10)19(24)18-15(23-25)5-9(6-17(18)26-16)12-3-1-11(21)8-14(12)22/h1-4,7-9,17-18,25H,5-6H2/b23-15+. The molecule has 2 aliphatic rings. The van der Waals surface area contributed by atoms with Crippen LogP contribution in [-0.2, 0) is 0 Å². The Balaban J connectivity index is 1.72. The number of fused-ring (bicyclic) bond motifs is 2. The van der Waals surface area contributed by atoms with Crippen molar-refractivity contribution in [3.63, 3.8) is 0 Å². The topological polar surface area (TPSA) is 58.9 Å². The van der Waals surface area contributed by atoms with Crippen LogP contribution in [0.4, 0.5) is 0 Å². The van der Waals surface area contributed by atoms with Crippen LogP contribution in [-0.4, -0.2) is 22.8 Å². The van der Waals surface area contributed by atoms with E-state index >= 15 is 0 Å². The third-order valence-electron chi connectivity index (χ3n) is 5.00. The second-order valence-corrected chi connectivity index (χ2v) is 7.81. The fourth-order valence-corrected chi connectivity index (χ4v) is 4.57. The van der Waals surface area contributed by atoms with E-state index < -0.39 is 12.0 Å². The van der Waals surface area contributed by atoms with E-state index in [0.717, 1.165) is 5.56 Å². The van der Waals surface area contributed by atoms with E-state index in [1.165, 1.54) is 0 Å². The van der Waals surface area contributed by atoms with E-state index in [0.29, 0.717) is 44.9 Å². The highest BCUT2D eigenvalue weighted by Gasteiger charge is 2.46. The minimum Gasteiger partial charge on any atom is -0.488 e. The number of hydrogen-bond acceptors (Lipinski definition) is 4. The predicted octanol–water partition coefficient (Wildman–Crippen LogP) is 5.61. The molecule has 1 aliphatic heterocycles. The molecule has 0 saturated heterocycles. The summed E-state index contributed by atoms with van der Waals surface area (Å²) in [5, 5.41) is 14.5. The van der Waals surface area contributed by atoms with Gasteiger partial charge in [-0.2, -0.15) is 0 Å². The number of benzene rings is 2. The number of nitrogens with zero attached hydrogens (tertiary/aromatic N) is 1. The number of rotatable bonds is 1. The Bertz CT molecular complexity index is 928. The van der Waals surface area contributed by atoms with Crippen molar-refractivity contribution in [3.8, 4) is 5.75 Å². The highest BCUT2D eigenvalue weighted by atomic mass is 35.5. The molecule has 0 radical (unpaired) electrons. The predicted molar refractivity (Wildman–Crippen MR) is 101 cm³/mol. The fraction of sp³-hybridized carbons (Fsp3) is 0.263. The molecule has 0 amide bonds. The van der Waals surface area contributed by atoms with Crippen molar-refractivity contribution < 1.29 is 14.7 Å². The molecule has 4 rings (SSSR count). The second-order valence-electron chi connectivity index (χ2n) is 6.53. The zero-order valence-corrected chi connectivity index (χ0v) is 15.7. The molecule has 3 atom stereocenters. The van der Waals surface area contributed by atoms with Gasteiger partial charge in [0, 0.05) is 15.1 Å². The first-order valence-electron chi connectivity index (χ1n) is 8.14. The summed E-state index contributed by atoms with van der Waals surface area (Å²) >= 11 is 18.3. The van der Waals surface area contributed by atoms with E-state index in [1.807, 2.05) is 6.07 Å². The van der Waals surface area contributed by atoms with Gasteiger partial charge >= 0.3 is 0 Å². The van der Waals surface area contributed by atoms with Gasteiger partial charge in [-0.1, -0.05) is 46.0 Å². The van der Waals surface area contributed by atoms with Crippen LogP contribution in [0.3, 0.4) is 0 Å². The summed E-state index contributed by atoms with van der Waals surface area (Å²) in [6.07, 6.45) is 0.579. The molecule has 0 aromatic heterocycles. The van der Waals surface area contributed by atoms with Crippen LogP contribution >= 0.6 is 34.8 Å². The number of ether oxygens (including phenoxy) is 1.